The minimum atomic E-state index is 0.542. The fraction of sp³-hybridized carbons (Fsp3) is 0.714. The van der Waals surface area contributed by atoms with Gasteiger partial charge in [0.05, 0.1) is 21.6 Å². The molecule has 1 aromatic heterocycles. The van der Waals surface area contributed by atoms with Crippen LogP contribution in [0.2, 0.25) is 0 Å². The first-order chi connectivity index (χ1) is 9.74. The van der Waals surface area contributed by atoms with Crippen LogP contribution in [-0.4, -0.2) is 28.9 Å². The van der Waals surface area contributed by atoms with Gasteiger partial charge in [-0.05, 0) is 42.4 Å². The quantitative estimate of drug-likeness (QED) is 0.697. The molecule has 20 heavy (non-hydrogen) atoms. The maximum Gasteiger partial charge on any atom is 0.143 e. The van der Waals surface area contributed by atoms with E-state index in [0.29, 0.717) is 6.61 Å². The number of thioether (sulfide) groups is 1. The molecule has 0 aromatic carbocycles. The minimum absolute atomic E-state index is 0.542. The van der Waals surface area contributed by atoms with E-state index in [0.717, 1.165) is 38.5 Å². The van der Waals surface area contributed by atoms with Crippen molar-refractivity contribution in [3.63, 3.8) is 0 Å². The summed E-state index contributed by atoms with van der Waals surface area (Å²) in [5.74, 6) is 2.76. The van der Waals surface area contributed by atoms with E-state index >= 15 is 0 Å². The molecule has 1 aromatic rings. The first-order valence-corrected chi connectivity index (χ1v) is 9.27. The van der Waals surface area contributed by atoms with Gasteiger partial charge in [-0.15, -0.1) is 0 Å². The normalized spacial score (nSPS) is 15.8. The van der Waals surface area contributed by atoms with Crippen LogP contribution in [0.15, 0.2) is 0 Å². The molecule has 0 aliphatic heterocycles. The highest BCUT2D eigenvalue weighted by atomic mass is 127. The van der Waals surface area contributed by atoms with Crippen LogP contribution in [0.25, 0.3) is 0 Å². The lowest BCUT2D eigenvalue weighted by Crippen LogP contribution is -2.10. The van der Waals surface area contributed by atoms with Crippen molar-refractivity contribution in [3.8, 4) is 0 Å². The monoisotopic (exact) mass is 407 g/mol. The second kappa shape index (κ2) is 8.38. The molecule has 0 bridgehead atoms. The van der Waals surface area contributed by atoms with Crippen LogP contribution in [0, 0.1) is 3.57 Å². The molecule has 0 saturated heterocycles. The Morgan fingerprint density at radius 1 is 1.35 bits per heavy atom. The van der Waals surface area contributed by atoms with Gasteiger partial charge in [-0.1, -0.05) is 12.8 Å². The summed E-state index contributed by atoms with van der Waals surface area (Å²) in [6.07, 6.45) is 5.45. The van der Waals surface area contributed by atoms with Crippen LogP contribution in [0.4, 0.5) is 5.82 Å². The van der Waals surface area contributed by atoms with E-state index in [-0.39, 0.29) is 0 Å². The first kappa shape index (κ1) is 16.3. The lowest BCUT2D eigenvalue weighted by molar-refractivity contribution is 0.180. The van der Waals surface area contributed by atoms with Crippen molar-refractivity contribution in [2.24, 2.45) is 0 Å². The topological polar surface area (TPSA) is 47.0 Å². The number of nitrogens with zero attached hydrogens (tertiary/aromatic N) is 2. The molecule has 0 spiro atoms. The second-order valence-corrected chi connectivity index (χ2v) is 7.30. The van der Waals surface area contributed by atoms with Crippen LogP contribution < -0.4 is 5.32 Å². The van der Waals surface area contributed by atoms with E-state index in [4.69, 9.17) is 4.74 Å². The van der Waals surface area contributed by atoms with Crippen molar-refractivity contribution in [3.05, 3.63) is 15.1 Å². The van der Waals surface area contributed by atoms with E-state index < -0.39 is 0 Å². The van der Waals surface area contributed by atoms with E-state index in [2.05, 4.69) is 44.8 Å². The molecule has 1 aliphatic carbocycles. The molecule has 4 nitrogen and oxygen atoms in total. The number of aromatic nitrogens is 2. The van der Waals surface area contributed by atoms with Crippen molar-refractivity contribution in [2.75, 3.05) is 19.0 Å². The number of halogens is 1. The predicted molar refractivity (Wildman–Crippen MR) is 93.2 cm³/mol. The summed E-state index contributed by atoms with van der Waals surface area (Å²) in [5, 5.41) is 4.12. The maximum absolute atomic E-state index is 5.25. The summed E-state index contributed by atoms with van der Waals surface area (Å²) in [6, 6.07) is 0. The van der Waals surface area contributed by atoms with Crippen molar-refractivity contribution in [1.29, 1.82) is 0 Å². The Balaban J connectivity index is 2.09. The molecular formula is C14H22IN3OS. The number of methoxy groups -OCH3 is 1. The maximum atomic E-state index is 5.25. The molecule has 0 radical (unpaired) electrons. The van der Waals surface area contributed by atoms with E-state index in [1.165, 1.54) is 25.7 Å². The van der Waals surface area contributed by atoms with Gasteiger partial charge < -0.3 is 10.1 Å². The molecule has 0 atom stereocenters. The SMILES string of the molecule is CCNc1nc(CSC2CCCC2)nc(COC)c1I. The Morgan fingerprint density at radius 3 is 2.75 bits per heavy atom. The van der Waals surface area contributed by atoms with E-state index in [1.54, 1.807) is 7.11 Å². The number of hydrogen-bond donors (Lipinski definition) is 1. The molecular weight excluding hydrogens is 385 g/mol. The highest BCUT2D eigenvalue weighted by Gasteiger charge is 2.17. The van der Waals surface area contributed by atoms with Gasteiger partial charge >= 0.3 is 0 Å². The standard InChI is InChI=1S/C14H22IN3OS/c1-3-16-14-13(15)11(8-19-2)17-12(18-14)9-20-10-6-4-5-7-10/h10H,3-9H2,1-2H3,(H,16,17,18). The molecule has 2 rings (SSSR count). The highest BCUT2D eigenvalue weighted by molar-refractivity contribution is 14.1. The van der Waals surface area contributed by atoms with Crippen molar-refractivity contribution < 1.29 is 4.74 Å². The first-order valence-electron chi connectivity index (χ1n) is 7.14. The largest absolute Gasteiger partial charge is 0.378 e. The lowest BCUT2D eigenvalue weighted by atomic mass is 10.4. The van der Waals surface area contributed by atoms with Crippen molar-refractivity contribution >= 4 is 40.2 Å². The fourth-order valence-electron chi connectivity index (χ4n) is 2.37. The van der Waals surface area contributed by atoms with Gasteiger partial charge in [0.1, 0.15) is 11.6 Å². The second-order valence-electron chi connectivity index (χ2n) is 4.93. The zero-order valence-corrected chi connectivity index (χ0v) is 15.1. The lowest BCUT2D eigenvalue weighted by Gasteiger charge is -2.13. The zero-order chi connectivity index (χ0) is 14.4. The Hall–Kier alpha value is -0.0800. The van der Waals surface area contributed by atoms with Gasteiger partial charge in [0.15, 0.2) is 0 Å². The summed E-state index contributed by atoms with van der Waals surface area (Å²) in [6.45, 7) is 3.50. The van der Waals surface area contributed by atoms with E-state index in [1.807, 2.05) is 11.8 Å². The molecule has 1 fully saturated rings. The van der Waals surface area contributed by atoms with Gasteiger partial charge in [0.2, 0.25) is 0 Å². The predicted octanol–water partition coefficient (Wildman–Crippen LogP) is 3.84. The molecule has 6 heteroatoms. The summed E-state index contributed by atoms with van der Waals surface area (Å²) >= 11 is 4.30. The molecule has 112 valence electrons. The van der Waals surface area contributed by atoms with Gasteiger partial charge in [0, 0.05) is 18.9 Å². The third-order valence-corrected chi connectivity index (χ3v) is 5.84. The van der Waals surface area contributed by atoms with Crippen LogP contribution >= 0.6 is 34.4 Å². The third kappa shape index (κ3) is 4.46. The van der Waals surface area contributed by atoms with Gasteiger partial charge in [0.25, 0.3) is 0 Å². The molecule has 1 heterocycles. The van der Waals surface area contributed by atoms with Crippen LogP contribution in [0.3, 0.4) is 0 Å². The van der Waals surface area contributed by atoms with Crippen LogP contribution in [0.5, 0.6) is 0 Å². The smallest absolute Gasteiger partial charge is 0.143 e. The number of ether oxygens (including phenoxy) is 1. The zero-order valence-electron chi connectivity index (χ0n) is 12.1. The Morgan fingerprint density at radius 2 is 2.10 bits per heavy atom. The number of hydrogen-bond acceptors (Lipinski definition) is 5. The third-order valence-electron chi connectivity index (χ3n) is 3.34. The molecule has 1 aliphatic rings. The minimum Gasteiger partial charge on any atom is -0.378 e. The summed E-state index contributed by atoms with van der Waals surface area (Å²) in [7, 11) is 1.71. The highest BCUT2D eigenvalue weighted by Crippen LogP contribution is 2.31. The number of nitrogens with one attached hydrogen (secondary N) is 1. The summed E-state index contributed by atoms with van der Waals surface area (Å²) in [5.41, 5.74) is 0.987. The van der Waals surface area contributed by atoms with Crippen molar-refractivity contribution in [2.45, 2.75) is 50.2 Å². The number of anilines is 1. The Kier molecular flexibility index (Phi) is 6.83. The van der Waals surface area contributed by atoms with Crippen molar-refractivity contribution in [1.82, 2.24) is 9.97 Å². The fourth-order valence-corrected chi connectivity index (χ4v) is 4.14. The summed E-state index contributed by atoms with van der Waals surface area (Å²) in [4.78, 5) is 9.32. The molecule has 1 N–H and O–H groups in total. The van der Waals surface area contributed by atoms with E-state index in [9.17, 15) is 0 Å². The van der Waals surface area contributed by atoms with Crippen LogP contribution in [-0.2, 0) is 17.1 Å². The molecule has 0 amide bonds. The molecule has 0 unspecified atom stereocenters. The average molecular weight is 407 g/mol. The average Bonchev–Trinajstić information content (AvgIpc) is 2.95. The van der Waals surface area contributed by atoms with Gasteiger partial charge in [-0.25, -0.2) is 9.97 Å². The Bertz CT molecular complexity index is 411. The Labute approximate surface area is 139 Å². The van der Waals surface area contributed by atoms with Crippen LogP contribution in [0.1, 0.15) is 44.1 Å². The van der Waals surface area contributed by atoms with Gasteiger partial charge in [-0.2, -0.15) is 11.8 Å². The molecule has 1 saturated carbocycles. The number of rotatable bonds is 7. The summed E-state index contributed by atoms with van der Waals surface area (Å²) < 4.78 is 6.32. The van der Waals surface area contributed by atoms with Gasteiger partial charge in [-0.3, -0.25) is 0 Å².